The van der Waals surface area contributed by atoms with Crippen LogP contribution in [0.3, 0.4) is 0 Å². The van der Waals surface area contributed by atoms with Crippen LogP contribution >= 0.6 is 0 Å². The smallest absolute Gasteiger partial charge is 0.261 e. The lowest BCUT2D eigenvalue weighted by Gasteiger charge is -2.13. The summed E-state index contributed by atoms with van der Waals surface area (Å²) in [5.41, 5.74) is 1.54. The maximum atomic E-state index is 12.1. The Kier molecular flexibility index (Phi) is 4.18. The summed E-state index contributed by atoms with van der Waals surface area (Å²) in [5, 5.41) is 2.73. The highest BCUT2D eigenvalue weighted by Gasteiger charge is 2.34. The van der Waals surface area contributed by atoms with Gasteiger partial charge in [-0.2, -0.15) is 0 Å². The van der Waals surface area contributed by atoms with Crippen LogP contribution in [-0.4, -0.2) is 40.7 Å². The summed E-state index contributed by atoms with van der Waals surface area (Å²) < 4.78 is 4.84. The van der Waals surface area contributed by atoms with Crippen molar-refractivity contribution in [3.8, 4) is 0 Å². The van der Waals surface area contributed by atoms with E-state index < -0.39 is 0 Å². The standard InChI is InChI=1S/C16H15N3O4/c20-14(17-7-5-11-9-23-10-18-11)6-8-19-15(21)12-3-1-2-4-13(12)16(19)22/h1-4,9-10H,5-8H2,(H,17,20). The molecular weight excluding hydrogens is 298 g/mol. The number of hydrogen-bond donors (Lipinski definition) is 1. The third-order valence-electron chi connectivity index (χ3n) is 3.63. The SMILES string of the molecule is O=C(CCN1C(=O)c2ccccc2C1=O)NCCc1cocn1. The minimum Gasteiger partial charge on any atom is -0.451 e. The quantitative estimate of drug-likeness (QED) is 0.804. The third-order valence-corrected chi connectivity index (χ3v) is 3.63. The van der Waals surface area contributed by atoms with E-state index in [1.807, 2.05) is 0 Å². The first-order chi connectivity index (χ1) is 11.2. The van der Waals surface area contributed by atoms with Gasteiger partial charge in [-0.15, -0.1) is 0 Å². The molecule has 7 nitrogen and oxygen atoms in total. The fourth-order valence-corrected chi connectivity index (χ4v) is 2.43. The molecule has 1 aromatic carbocycles. The number of aromatic nitrogens is 1. The summed E-state index contributed by atoms with van der Waals surface area (Å²) in [4.78, 5) is 41.2. The molecule has 0 aliphatic carbocycles. The largest absolute Gasteiger partial charge is 0.451 e. The van der Waals surface area contributed by atoms with Crippen molar-refractivity contribution in [2.24, 2.45) is 0 Å². The first-order valence-electron chi connectivity index (χ1n) is 7.26. The lowest BCUT2D eigenvalue weighted by molar-refractivity contribution is -0.121. The fraction of sp³-hybridized carbons (Fsp3) is 0.250. The van der Waals surface area contributed by atoms with Crippen LogP contribution in [0.2, 0.25) is 0 Å². The Morgan fingerprint density at radius 3 is 2.48 bits per heavy atom. The lowest BCUT2D eigenvalue weighted by atomic mass is 10.1. The van der Waals surface area contributed by atoms with Gasteiger partial charge in [0.1, 0.15) is 6.26 Å². The van der Waals surface area contributed by atoms with E-state index >= 15 is 0 Å². The predicted molar refractivity (Wildman–Crippen MR) is 79.6 cm³/mol. The van der Waals surface area contributed by atoms with E-state index in [1.165, 1.54) is 12.7 Å². The number of nitrogens with one attached hydrogen (secondary N) is 1. The van der Waals surface area contributed by atoms with Crippen molar-refractivity contribution in [1.82, 2.24) is 15.2 Å². The molecule has 23 heavy (non-hydrogen) atoms. The number of benzene rings is 1. The van der Waals surface area contributed by atoms with E-state index in [9.17, 15) is 14.4 Å². The minimum atomic E-state index is -0.346. The van der Waals surface area contributed by atoms with Crippen LogP contribution in [0.4, 0.5) is 0 Å². The number of nitrogens with zero attached hydrogens (tertiary/aromatic N) is 2. The topological polar surface area (TPSA) is 92.5 Å². The van der Waals surface area contributed by atoms with Crippen molar-refractivity contribution >= 4 is 17.7 Å². The first kappa shape index (κ1) is 15.0. The summed E-state index contributed by atoms with van der Waals surface area (Å²) >= 11 is 0. The van der Waals surface area contributed by atoms with E-state index in [0.29, 0.717) is 24.1 Å². The zero-order chi connectivity index (χ0) is 16.2. The molecule has 0 spiro atoms. The molecule has 0 atom stereocenters. The third kappa shape index (κ3) is 3.13. The van der Waals surface area contributed by atoms with Crippen molar-refractivity contribution in [1.29, 1.82) is 0 Å². The minimum absolute atomic E-state index is 0.0716. The van der Waals surface area contributed by atoms with Gasteiger partial charge in [0.25, 0.3) is 11.8 Å². The predicted octanol–water partition coefficient (Wildman–Crippen LogP) is 1.02. The molecule has 2 aromatic rings. The molecule has 1 aliphatic rings. The van der Waals surface area contributed by atoms with Gasteiger partial charge in [-0.05, 0) is 12.1 Å². The van der Waals surface area contributed by atoms with Crippen molar-refractivity contribution in [2.75, 3.05) is 13.1 Å². The normalized spacial score (nSPS) is 13.3. The van der Waals surface area contributed by atoms with E-state index in [0.717, 1.165) is 10.6 Å². The molecule has 3 amide bonds. The van der Waals surface area contributed by atoms with Crippen molar-refractivity contribution in [2.45, 2.75) is 12.8 Å². The molecule has 0 saturated heterocycles. The highest BCUT2D eigenvalue weighted by atomic mass is 16.3. The Bertz CT molecular complexity index is 705. The van der Waals surface area contributed by atoms with E-state index in [2.05, 4.69) is 10.3 Å². The maximum absolute atomic E-state index is 12.1. The van der Waals surface area contributed by atoms with E-state index in [4.69, 9.17) is 4.42 Å². The molecule has 2 heterocycles. The number of hydrogen-bond acceptors (Lipinski definition) is 5. The number of fused-ring (bicyclic) bond motifs is 1. The molecule has 0 unspecified atom stereocenters. The van der Waals surface area contributed by atoms with Gasteiger partial charge < -0.3 is 9.73 Å². The summed E-state index contributed by atoms with van der Waals surface area (Å²) in [6, 6.07) is 6.66. The highest BCUT2D eigenvalue weighted by Crippen LogP contribution is 2.22. The number of amides is 3. The molecule has 0 radical (unpaired) electrons. The second-order valence-corrected chi connectivity index (χ2v) is 5.14. The number of carbonyl (C=O) groups is 3. The summed E-state index contributed by atoms with van der Waals surface area (Å²) in [7, 11) is 0. The molecular formula is C16H15N3O4. The molecule has 7 heteroatoms. The van der Waals surface area contributed by atoms with Crippen LogP contribution in [0.15, 0.2) is 41.3 Å². The summed E-state index contributed by atoms with van der Waals surface area (Å²) in [6.45, 7) is 0.496. The number of imide groups is 1. The number of oxazole rings is 1. The lowest BCUT2D eigenvalue weighted by Crippen LogP contribution is -2.35. The molecule has 0 fully saturated rings. The molecule has 0 saturated carbocycles. The van der Waals surface area contributed by atoms with Crippen molar-refractivity contribution in [3.05, 3.63) is 53.7 Å². The molecule has 118 valence electrons. The van der Waals surface area contributed by atoms with Gasteiger partial charge in [0.05, 0.1) is 16.8 Å². The highest BCUT2D eigenvalue weighted by molar-refractivity contribution is 6.21. The van der Waals surface area contributed by atoms with Crippen LogP contribution in [0, 0.1) is 0 Å². The number of rotatable bonds is 6. The van der Waals surface area contributed by atoms with E-state index in [-0.39, 0.29) is 30.7 Å². The molecule has 0 bridgehead atoms. The second-order valence-electron chi connectivity index (χ2n) is 5.14. The van der Waals surface area contributed by atoms with E-state index in [1.54, 1.807) is 24.3 Å². The average Bonchev–Trinajstić information content (AvgIpc) is 3.15. The molecule has 1 aromatic heterocycles. The Hall–Kier alpha value is -2.96. The van der Waals surface area contributed by atoms with Gasteiger partial charge in [-0.25, -0.2) is 4.98 Å². The molecule has 1 aliphatic heterocycles. The van der Waals surface area contributed by atoms with Gasteiger partial charge in [0, 0.05) is 25.9 Å². The fourth-order valence-electron chi connectivity index (χ4n) is 2.43. The zero-order valence-corrected chi connectivity index (χ0v) is 12.3. The second kappa shape index (κ2) is 6.43. The Balaban J connectivity index is 1.48. The van der Waals surface area contributed by atoms with Gasteiger partial charge >= 0.3 is 0 Å². The van der Waals surface area contributed by atoms with Gasteiger partial charge in [-0.3, -0.25) is 19.3 Å². The maximum Gasteiger partial charge on any atom is 0.261 e. The van der Waals surface area contributed by atoms with Crippen LogP contribution in [0.1, 0.15) is 32.8 Å². The van der Waals surface area contributed by atoms with Crippen LogP contribution in [-0.2, 0) is 11.2 Å². The Morgan fingerprint density at radius 1 is 1.17 bits per heavy atom. The zero-order valence-electron chi connectivity index (χ0n) is 12.3. The first-order valence-corrected chi connectivity index (χ1v) is 7.26. The summed E-state index contributed by atoms with van der Waals surface area (Å²) in [6.07, 6.45) is 3.49. The molecule has 1 N–H and O–H groups in total. The van der Waals surface area contributed by atoms with Crippen LogP contribution in [0.25, 0.3) is 0 Å². The summed E-state index contributed by atoms with van der Waals surface area (Å²) in [5.74, 6) is -0.910. The monoisotopic (exact) mass is 313 g/mol. The van der Waals surface area contributed by atoms with Crippen molar-refractivity contribution < 1.29 is 18.8 Å². The van der Waals surface area contributed by atoms with Crippen LogP contribution in [0.5, 0.6) is 0 Å². The average molecular weight is 313 g/mol. The van der Waals surface area contributed by atoms with Gasteiger partial charge in [-0.1, -0.05) is 12.1 Å². The number of carbonyl (C=O) groups excluding carboxylic acids is 3. The Morgan fingerprint density at radius 2 is 1.87 bits per heavy atom. The van der Waals surface area contributed by atoms with Crippen LogP contribution < -0.4 is 5.32 Å². The Labute approximate surface area is 132 Å². The van der Waals surface area contributed by atoms with Gasteiger partial charge in [0.15, 0.2) is 6.39 Å². The molecule has 3 rings (SSSR count). The van der Waals surface area contributed by atoms with Gasteiger partial charge in [0.2, 0.25) is 5.91 Å². The van der Waals surface area contributed by atoms with Crippen molar-refractivity contribution in [3.63, 3.8) is 0 Å².